The molecule has 0 bridgehead atoms. The third-order valence-corrected chi connectivity index (χ3v) is 6.20. The van der Waals surface area contributed by atoms with Gasteiger partial charge in [0, 0.05) is 16.2 Å². The summed E-state index contributed by atoms with van der Waals surface area (Å²) < 4.78 is 21.8. The van der Waals surface area contributed by atoms with E-state index in [9.17, 15) is 9.59 Å². The molecule has 1 N–H and O–H groups in total. The van der Waals surface area contributed by atoms with Gasteiger partial charge in [0.05, 0.1) is 36.2 Å². The molecule has 182 valence electrons. The first-order valence-electron chi connectivity index (χ1n) is 11.1. The Kier molecular flexibility index (Phi) is 6.26. The summed E-state index contributed by atoms with van der Waals surface area (Å²) in [5.41, 5.74) is 4.07. The van der Waals surface area contributed by atoms with Crippen molar-refractivity contribution in [3.63, 3.8) is 0 Å². The normalized spacial score (nSPS) is 11.7. The summed E-state index contributed by atoms with van der Waals surface area (Å²) in [6.07, 6.45) is 0. The van der Waals surface area contributed by atoms with Gasteiger partial charge in [0.1, 0.15) is 0 Å². The van der Waals surface area contributed by atoms with Crippen LogP contribution in [0, 0.1) is 0 Å². The number of hydrogen-bond acceptors (Lipinski definition) is 10. The smallest absolute Gasteiger partial charge is 0.345 e. The number of nitrogens with one attached hydrogen (secondary N) is 1. The van der Waals surface area contributed by atoms with E-state index in [4.69, 9.17) is 18.3 Å². The Labute approximate surface area is 208 Å². The third-order valence-electron chi connectivity index (χ3n) is 5.46. The maximum Gasteiger partial charge on any atom is 0.345 e. The van der Waals surface area contributed by atoms with Crippen molar-refractivity contribution in [2.75, 3.05) is 19.1 Å². The number of ether oxygens (including phenoxy) is 2. The van der Waals surface area contributed by atoms with Crippen LogP contribution in [0.15, 0.2) is 77.4 Å². The minimum atomic E-state index is -0.526. The highest BCUT2D eigenvalue weighted by molar-refractivity contribution is 7.14. The molecule has 0 amide bonds. The Bertz CT molecular complexity index is 1730. The van der Waals surface area contributed by atoms with Crippen molar-refractivity contribution >= 4 is 44.1 Å². The second kappa shape index (κ2) is 9.67. The Morgan fingerprint density at radius 1 is 1.03 bits per heavy atom. The van der Waals surface area contributed by atoms with E-state index in [1.54, 1.807) is 36.6 Å². The topological polar surface area (TPSA) is 116 Å². The average Bonchev–Trinajstić information content (AvgIpc) is 3.35. The number of fused-ring (bicyclic) bond motifs is 2. The zero-order chi connectivity index (χ0) is 25.2. The molecule has 0 aliphatic carbocycles. The highest BCUT2D eigenvalue weighted by atomic mass is 32.1. The van der Waals surface area contributed by atoms with Crippen LogP contribution in [-0.4, -0.2) is 24.4 Å². The van der Waals surface area contributed by atoms with Crippen LogP contribution in [0.5, 0.6) is 11.5 Å². The lowest BCUT2D eigenvalue weighted by Crippen LogP contribution is -2.13. The minimum absolute atomic E-state index is 0.310. The zero-order valence-corrected chi connectivity index (χ0v) is 20.5. The molecule has 0 saturated heterocycles. The number of methoxy groups -OCH3 is 1. The Hall–Kier alpha value is -4.44. The van der Waals surface area contributed by atoms with E-state index < -0.39 is 11.3 Å². The monoisotopic (exact) mass is 503 g/mol. The predicted molar refractivity (Wildman–Crippen MR) is 140 cm³/mol. The van der Waals surface area contributed by atoms with Gasteiger partial charge in [-0.05, 0) is 38.1 Å². The molecule has 3 aromatic heterocycles. The van der Waals surface area contributed by atoms with Gasteiger partial charge in [-0.25, -0.2) is 14.6 Å². The van der Waals surface area contributed by atoms with Gasteiger partial charge in [0.15, 0.2) is 22.7 Å². The fraction of sp³-hybridized carbons (Fsp3) is 0.154. The van der Waals surface area contributed by atoms with Gasteiger partial charge in [0.2, 0.25) is 5.13 Å². The standard InChI is InChI=1S/C26H21N3O6S/c1-4-33-21-10-6-8-15-11-17(24(30)35-23(15)21)14(2)28-29-26-27-19(13-36-26)18-12-16-7-5-9-20(32-3)22(16)34-25(18)31/h5-13H,4H2,1-3H3,(H,27,29)/b28-14+. The third kappa shape index (κ3) is 4.34. The molecule has 2 aromatic carbocycles. The van der Waals surface area contributed by atoms with E-state index in [-0.39, 0.29) is 0 Å². The molecule has 36 heavy (non-hydrogen) atoms. The highest BCUT2D eigenvalue weighted by Crippen LogP contribution is 2.29. The molecule has 0 fully saturated rings. The summed E-state index contributed by atoms with van der Waals surface area (Å²) in [5.74, 6) is 0.993. The van der Waals surface area contributed by atoms with Crippen LogP contribution in [0.2, 0.25) is 0 Å². The van der Waals surface area contributed by atoms with Gasteiger partial charge in [0.25, 0.3) is 0 Å². The Morgan fingerprint density at radius 3 is 2.47 bits per heavy atom. The molecule has 0 spiro atoms. The summed E-state index contributed by atoms with van der Waals surface area (Å²) >= 11 is 1.26. The number of aromatic nitrogens is 1. The van der Waals surface area contributed by atoms with Crippen LogP contribution in [0.25, 0.3) is 33.2 Å². The molecule has 3 heterocycles. The number of thiazole rings is 1. The molecule has 5 aromatic rings. The SMILES string of the molecule is CCOc1cccc2cc(/C(C)=N/Nc3nc(-c4cc5cccc(OC)c5oc4=O)cs3)c(=O)oc12. The maximum atomic E-state index is 12.6. The number of benzene rings is 2. The molecule has 0 aliphatic rings. The summed E-state index contributed by atoms with van der Waals surface area (Å²) in [6, 6.07) is 14.2. The van der Waals surface area contributed by atoms with Gasteiger partial charge in [-0.3, -0.25) is 5.43 Å². The molecule has 5 rings (SSSR count). The quantitative estimate of drug-likeness (QED) is 0.181. The van der Waals surface area contributed by atoms with Crippen LogP contribution in [0.1, 0.15) is 19.4 Å². The van der Waals surface area contributed by atoms with Gasteiger partial charge >= 0.3 is 11.3 Å². The number of nitrogens with zero attached hydrogens (tertiary/aromatic N) is 2. The van der Waals surface area contributed by atoms with Gasteiger partial charge < -0.3 is 18.3 Å². The van der Waals surface area contributed by atoms with E-state index in [0.29, 0.717) is 56.9 Å². The Balaban J connectivity index is 1.42. The summed E-state index contributed by atoms with van der Waals surface area (Å²) in [6.45, 7) is 4.01. The first-order chi connectivity index (χ1) is 17.5. The maximum absolute atomic E-state index is 12.6. The number of anilines is 1. The summed E-state index contributed by atoms with van der Waals surface area (Å²) in [7, 11) is 1.52. The van der Waals surface area contributed by atoms with Crippen LogP contribution < -0.4 is 26.2 Å². The lowest BCUT2D eigenvalue weighted by Gasteiger charge is -2.07. The fourth-order valence-corrected chi connectivity index (χ4v) is 4.39. The van der Waals surface area contributed by atoms with Gasteiger partial charge in [-0.1, -0.05) is 24.3 Å². The fourth-order valence-electron chi connectivity index (χ4n) is 3.74. The number of rotatable bonds is 7. The van der Waals surface area contributed by atoms with Crippen molar-refractivity contribution < 1.29 is 18.3 Å². The van der Waals surface area contributed by atoms with Crippen molar-refractivity contribution in [2.24, 2.45) is 5.10 Å². The van der Waals surface area contributed by atoms with Crippen molar-refractivity contribution in [1.82, 2.24) is 4.98 Å². The van der Waals surface area contributed by atoms with E-state index >= 15 is 0 Å². The number of para-hydroxylation sites is 2. The highest BCUT2D eigenvalue weighted by Gasteiger charge is 2.15. The summed E-state index contributed by atoms with van der Waals surface area (Å²) in [4.78, 5) is 29.7. The van der Waals surface area contributed by atoms with Crippen LogP contribution >= 0.6 is 11.3 Å². The van der Waals surface area contributed by atoms with Crippen molar-refractivity contribution in [1.29, 1.82) is 0 Å². The molecular formula is C26H21N3O6S. The lowest BCUT2D eigenvalue weighted by atomic mass is 10.1. The molecule has 0 atom stereocenters. The average molecular weight is 504 g/mol. The molecule has 9 nitrogen and oxygen atoms in total. The molecule has 0 saturated carbocycles. The molecule has 0 radical (unpaired) electrons. The first kappa shape index (κ1) is 23.3. The second-order valence-corrected chi connectivity index (χ2v) is 8.59. The van der Waals surface area contributed by atoms with Crippen LogP contribution in [-0.2, 0) is 0 Å². The number of hydrazone groups is 1. The Morgan fingerprint density at radius 2 is 1.72 bits per heavy atom. The number of hydrogen-bond donors (Lipinski definition) is 1. The summed E-state index contributed by atoms with van der Waals surface area (Å²) in [5, 5.41) is 7.91. The first-order valence-corrected chi connectivity index (χ1v) is 11.9. The second-order valence-electron chi connectivity index (χ2n) is 7.73. The van der Waals surface area contributed by atoms with Crippen molar-refractivity contribution in [3.8, 4) is 22.8 Å². The van der Waals surface area contributed by atoms with Gasteiger partial charge in [-0.2, -0.15) is 5.10 Å². The zero-order valence-electron chi connectivity index (χ0n) is 19.7. The van der Waals surface area contributed by atoms with E-state index in [1.165, 1.54) is 18.4 Å². The van der Waals surface area contributed by atoms with E-state index in [1.807, 2.05) is 31.2 Å². The molecule has 0 unspecified atom stereocenters. The van der Waals surface area contributed by atoms with Crippen LogP contribution in [0.3, 0.4) is 0 Å². The molecule has 10 heteroatoms. The minimum Gasteiger partial charge on any atom is -0.493 e. The van der Waals surface area contributed by atoms with Gasteiger partial charge in [-0.15, -0.1) is 11.3 Å². The van der Waals surface area contributed by atoms with Crippen molar-refractivity contribution in [3.05, 3.63) is 80.3 Å². The van der Waals surface area contributed by atoms with E-state index in [0.717, 1.165) is 10.8 Å². The van der Waals surface area contributed by atoms with E-state index in [2.05, 4.69) is 15.5 Å². The molecule has 0 aliphatic heterocycles. The molecular weight excluding hydrogens is 482 g/mol. The largest absolute Gasteiger partial charge is 0.493 e. The van der Waals surface area contributed by atoms with Crippen molar-refractivity contribution in [2.45, 2.75) is 13.8 Å². The lowest BCUT2D eigenvalue weighted by molar-refractivity contribution is 0.337. The predicted octanol–water partition coefficient (Wildman–Crippen LogP) is 5.27. The van der Waals surface area contributed by atoms with Crippen LogP contribution in [0.4, 0.5) is 5.13 Å².